The van der Waals surface area contributed by atoms with Gasteiger partial charge >= 0.3 is 0 Å². The molecule has 0 saturated carbocycles. The van der Waals surface area contributed by atoms with Gasteiger partial charge in [-0.05, 0) is 42.3 Å². The van der Waals surface area contributed by atoms with Crippen LogP contribution < -0.4 is 15.6 Å². The molecule has 1 amide bonds. The summed E-state index contributed by atoms with van der Waals surface area (Å²) in [6, 6.07) is 14.4. The molecule has 1 aromatic carbocycles. The van der Waals surface area contributed by atoms with E-state index < -0.39 is 0 Å². The summed E-state index contributed by atoms with van der Waals surface area (Å²) in [5.41, 5.74) is 2.29. The third-order valence-corrected chi connectivity index (χ3v) is 4.22. The fourth-order valence-corrected chi connectivity index (χ4v) is 2.74. The van der Waals surface area contributed by atoms with E-state index in [0.717, 1.165) is 16.9 Å². The molecule has 0 saturated heterocycles. The minimum absolute atomic E-state index is 0.0701. The summed E-state index contributed by atoms with van der Waals surface area (Å²) in [7, 11) is 1.61. The van der Waals surface area contributed by atoms with E-state index in [1.807, 2.05) is 36.4 Å². The van der Waals surface area contributed by atoms with Gasteiger partial charge in [-0.2, -0.15) is 5.10 Å². The normalized spacial score (nSPS) is 10.5. The molecular formula is C21H22N4O3. The Balaban J connectivity index is 1.51. The number of carbonyl (C=O) groups is 1. The van der Waals surface area contributed by atoms with Crippen molar-refractivity contribution in [3.05, 3.63) is 76.8 Å². The van der Waals surface area contributed by atoms with Crippen LogP contribution in [0.1, 0.15) is 18.4 Å². The smallest absolute Gasteiger partial charge is 0.266 e. The van der Waals surface area contributed by atoms with Crippen molar-refractivity contribution in [3.8, 4) is 17.0 Å². The number of pyridine rings is 1. The highest BCUT2D eigenvalue weighted by Crippen LogP contribution is 2.13. The van der Waals surface area contributed by atoms with Crippen LogP contribution in [0.15, 0.2) is 65.7 Å². The van der Waals surface area contributed by atoms with Gasteiger partial charge in [0.05, 0.1) is 12.8 Å². The van der Waals surface area contributed by atoms with Crippen molar-refractivity contribution in [1.29, 1.82) is 0 Å². The zero-order valence-electron chi connectivity index (χ0n) is 15.7. The van der Waals surface area contributed by atoms with E-state index in [-0.39, 0.29) is 11.5 Å². The fraction of sp³-hybridized carbons (Fsp3) is 0.238. The van der Waals surface area contributed by atoms with E-state index in [2.05, 4.69) is 15.4 Å². The van der Waals surface area contributed by atoms with Gasteiger partial charge in [-0.15, -0.1) is 0 Å². The van der Waals surface area contributed by atoms with E-state index >= 15 is 0 Å². The first-order valence-electron chi connectivity index (χ1n) is 9.04. The number of hydrogen-bond donors (Lipinski definition) is 1. The number of aromatic nitrogens is 3. The van der Waals surface area contributed by atoms with Gasteiger partial charge in [0, 0.05) is 43.5 Å². The molecule has 2 heterocycles. The second kappa shape index (κ2) is 9.45. The molecule has 0 fully saturated rings. The first kappa shape index (κ1) is 19.3. The molecule has 0 bridgehead atoms. The summed E-state index contributed by atoms with van der Waals surface area (Å²) >= 11 is 0. The predicted octanol–water partition coefficient (Wildman–Crippen LogP) is 2.41. The van der Waals surface area contributed by atoms with E-state index in [1.54, 1.807) is 25.6 Å². The molecule has 0 unspecified atom stereocenters. The number of carbonyl (C=O) groups excluding carboxylic acids is 1. The number of hydrogen-bond acceptors (Lipinski definition) is 5. The topological polar surface area (TPSA) is 86.1 Å². The number of aryl methyl sites for hydroxylation is 1. The van der Waals surface area contributed by atoms with Gasteiger partial charge in [0.2, 0.25) is 5.91 Å². The molecule has 0 spiro atoms. The summed E-state index contributed by atoms with van der Waals surface area (Å²) in [5, 5.41) is 7.25. The number of methoxy groups -OCH3 is 1. The van der Waals surface area contributed by atoms with Crippen molar-refractivity contribution in [2.24, 2.45) is 0 Å². The third-order valence-electron chi connectivity index (χ3n) is 4.22. The lowest BCUT2D eigenvalue weighted by molar-refractivity contribution is -0.121. The Labute approximate surface area is 163 Å². The molecule has 0 radical (unpaired) electrons. The zero-order chi connectivity index (χ0) is 19.8. The highest BCUT2D eigenvalue weighted by atomic mass is 16.5. The fourth-order valence-electron chi connectivity index (χ4n) is 2.74. The maximum atomic E-state index is 12.1. The minimum atomic E-state index is -0.190. The standard InChI is InChI=1S/C21H22N4O3/c1-28-18-7-2-5-16(13-18)14-23-20(26)8-4-12-25-21(27)10-9-19(24-25)17-6-3-11-22-15-17/h2-3,5-7,9-11,13,15H,4,8,12,14H2,1H3,(H,23,26). The Morgan fingerprint density at radius 3 is 2.86 bits per heavy atom. The SMILES string of the molecule is COc1cccc(CNC(=O)CCCn2nc(-c3cccnc3)ccc2=O)c1. The Kier molecular flexibility index (Phi) is 6.51. The average Bonchev–Trinajstić information content (AvgIpc) is 2.74. The van der Waals surface area contributed by atoms with Crippen molar-refractivity contribution in [2.45, 2.75) is 25.9 Å². The molecule has 2 aromatic heterocycles. The summed E-state index contributed by atoms with van der Waals surface area (Å²) in [4.78, 5) is 28.2. The monoisotopic (exact) mass is 378 g/mol. The Hall–Kier alpha value is -3.48. The van der Waals surface area contributed by atoms with Gasteiger partial charge in [-0.1, -0.05) is 12.1 Å². The number of nitrogens with zero attached hydrogens (tertiary/aromatic N) is 3. The number of nitrogens with one attached hydrogen (secondary N) is 1. The number of benzene rings is 1. The van der Waals surface area contributed by atoms with Gasteiger partial charge < -0.3 is 10.1 Å². The summed E-state index contributed by atoms with van der Waals surface area (Å²) in [6.45, 7) is 0.810. The van der Waals surface area contributed by atoms with Crippen LogP contribution in [0.3, 0.4) is 0 Å². The Morgan fingerprint density at radius 1 is 1.18 bits per heavy atom. The molecule has 1 N–H and O–H groups in total. The van der Waals surface area contributed by atoms with Crippen LogP contribution in [0.2, 0.25) is 0 Å². The van der Waals surface area contributed by atoms with Gasteiger partial charge in [-0.25, -0.2) is 4.68 Å². The second-order valence-electron chi connectivity index (χ2n) is 6.25. The van der Waals surface area contributed by atoms with Gasteiger partial charge in [0.25, 0.3) is 5.56 Å². The lowest BCUT2D eigenvalue weighted by atomic mass is 10.2. The third kappa shape index (κ3) is 5.26. The van der Waals surface area contributed by atoms with Crippen molar-refractivity contribution < 1.29 is 9.53 Å². The zero-order valence-corrected chi connectivity index (χ0v) is 15.7. The number of ether oxygens (including phenoxy) is 1. The van der Waals surface area contributed by atoms with Crippen LogP contribution in [0.25, 0.3) is 11.3 Å². The van der Waals surface area contributed by atoms with Gasteiger partial charge in [0.15, 0.2) is 0 Å². The van der Waals surface area contributed by atoms with Crippen LogP contribution in [-0.4, -0.2) is 27.8 Å². The quantitative estimate of drug-likeness (QED) is 0.651. The molecule has 3 aromatic rings. The molecule has 3 rings (SSSR count). The van der Waals surface area contributed by atoms with Gasteiger partial charge in [-0.3, -0.25) is 14.6 Å². The first-order valence-corrected chi connectivity index (χ1v) is 9.04. The molecule has 0 aliphatic carbocycles. The average molecular weight is 378 g/mol. The van der Waals surface area contributed by atoms with E-state index in [4.69, 9.17) is 4.74 Å². The van der Waals surface area contributed by atoms with Crippen LogP contribution in [-0.2, 0) is 17.9 Å². The maximum absolute atomic E-state index is 12.1. The maximum Gasteiger partial charge on any atom is 0.266 e. The largest absolute Gasteiger partial charge is 0.497 e. The van der Waals surface area contributed by atoms with Crippen LogP contribution in [0, 0.1) is 0 Å². The lowest BCUT2D eigenvalue weighted by Gasteiger charge is -2.08. The van der Waals surface area contributed by atoms with Crippen LogP contribution >= 0.6 is 0 Å². The highest BCUT2D eigenvalue weighted by molar-refractivity contribution is 5.75. The van der Waals surface area contributed by atoms with Crippen LogP contribution in [0.4, 0.5) is 0 Å². The summed E-state index contributed by atoms with van der Waals surface area (Å²) in [5.74, 6) is 0.685. The van der Waals surface area contributed by atoms with Crippen molar-refractivity contribution in [3.63, 3.8) is 0 Å². The minimum Gasteiger partial charge on any atom is -0.497 e. The molecule has 144 valence electrons. The van der Waals surface area contributed by atoms with E-state index in [0.29, 0.717) is 31.6 Å². The predicted molar refractivity (Wildman–Crippen MR) is 106 cm³/mol. The molecule has 0 atom stereocenters. The number of rotatable bonds is 8. The molecule has 7 heteroatoms. The van der Waals surface area contributed by atoms with Crippen molar-refractivity contribution in [1.82, 2.24) is 20.1 Å². The van der Waals surface area contributed by atoms with E-state index in [1.165, 1.54) is 10.7 Å². The molecule has 28 heavy (non-hydrogen) atoms. The summed E-state index contributed by atoms with van der Waals surface area (Å²) in [6.07, 6.45) is 4.22. The van der Waals surface area contributed by atoms with Crippen LogP contribution in [0.5, 0.6) is 5.75 Å². The number of amides is 1. The molecular weight excluding hydrogens is 356 g/mol. The Morgan fingerprint density at radius 2 is 2.07 bits per heavy atom. The lowest BCUT2D eigenvalue weighted by Crippen LogP contribution is -2.25. The first-order chi connectivity index (χ1) is 13.7. The summed E-state index contributed by atoms with van der Waals surface area (Å²) < 4.78 is 6.56. The van der Waals surface area contributed by atoms with Gasteiger partial charge in [0.1, 0.15) is 5.75 Å². The van der Waals surface area contributed by atoms with Crippen molar-refractivity contribution in [2.75, 3.05) is 7.11 Å². The molecule has 7 nitrogen and oxygen atoms in total. The van der Waals surface area contributed by atoms with E-state index in [9.17, 15) is 9.59 Å². The molecule has 0 aliphatic heterocycles. The highest BCUT2D eigenvalue weighted by Gasteiger charge is 2.06. The Bertz CT molecular complexity index is 986. The van der Waals surface area contributed by atoms with Crippen molar-refractivity contribution >= 4 is 5.91 Å². The second-order valence-corrected chi connectivity index (χ2v) is 6.25. The molecule has 0 aliphatic rings.